The molecule has 1 atom stereocenters. The number of hydrogen-bond acceptors (Lipinski definition) is 5. The first kappa shape index (κ1) is 14.3. The molecule has 0 aliphatic rings. The fraction of sp³-hybridized carbons (Fsp3) is 0.538. The summed E-state index contributed by atoms with van der Waals surface area (Å²) in [5.74, 6) is 0.400. The molecule has 0 aliphatic heterocycles. The van der Waals surface area contributed by atoms with Crippen LogP contribution in [0.3, 0.4) is 0 Å². The minimum Gasteiger partial charge on any atom is -0.478 e. The monoisotopic (exact) mass is 252 g/mol. The molecule has 0 radical (unpaired) electrons. The zero-order valence-corrected chi connectivity index (χ0v) is 11.1. The van der Waals surface area contributed by atoms with E-state index in [0.717, 1.165) is 5.69 Å². The first-order valence-electron chi connectivity index (χ1n) is 6.16. The number of nitrogens with zero attached hydrogens (tertiary/aromatic N) is 1. The summed E-state index contributed by atoms with van der Waals surface area (Å²) < 4.78 is 10.1. The summed E-state index contributed by atoms with van der Waals surface area (Å²) in [5, 5.41) is 3.18. The van der Waals surface area contributed by atoms with Crippen LogP contribution in [-0.4, -0.2) is 30.2 Å². The van der Waals surface area contributed by atoms with Gasteiger partial charge in [-0.15, -0.1) is 0 Å². The van der Waals surface area contributed by atoms with E-state index in [1.54, 1.807) is 19.2 Å². The van der Waals surface area contributed by atoms with Crippen molar-refractivity contribution in [3.05, 3.63) is 18.3 Å². The molecule has 0 amide bonds. The highest BCUT2D eigenvalue weighted by atomic mass is 16.5. The van der Waals surface area contributed by atoms with Gasteiger partial charge in [0.2, 0.25) is 5.88 Å². The highest BCUT2D eigenvalue weighted by Crippen LogP contribution is 2.13. The lowest BCUT2D eigenvalue weighted by molar-refractivity contribution is -0.143. The van der Waals surface area contributed by atoms with E-state index in [-0.39, 0.29) is 12.0 Å². The van der Waals surface area contributed by atoms with Crippen molar-refractivity contribution in [3.8, 4) is 5.88 Å². The Bertz CT molecular complexity index is 365. The maximum Gasteiger partial charge on any atom is 0.307 e. The Labute approximate surface area is 108 Å². The molecular formula is C13H20N2O3. The van der Waals surface area contributed by atoms with Crippen LogP contribution < -0.4 is 10.1 Å². The number of carbonyl (C=O) groups is 1. The molecule has 0 spiro atoms. The Kier molecular flexibility index (Phi) is 5.97. The van der Waals surface area contributed by atoms with Gasteiger partial charge in [0, 0.05) is 12.1 Å². The smallest absolute Gasteiger partial charge is 0.307 e. The molecule has 100 valence electrons. The molecule has 0 fully saturated rings. The Morgan fingerprint density at radius 2 is 2.17 bits per heavy atom. The van der Waals surface area contributed by atoms with Gasteiger partial charge in [-0.2, -0.15) is 0 Å². The number of carbonyl (C=O) groups excluding carboxylic acids is 1. The van der Waals surface area contributed by atoms with Gasteiger partial charge in [0.05, 0.1) is 31.5 Å². The molecule has 0 saturated heterocycles. The zero-order chi connectivity index (χ0) is 13.4. The predicted octanol–water partition coefficient (Wildman–Crippen LogP) is 2.23. The fourth-order valence-electron chi connectivity index (χ4n) is 1.50. The molecule has 1 heterocycles. The maximum atomic E-state index is 11.3. The normalized spacial score (nSPS) is 11.7. The number of hydrogen-bond donors (Lipinski definition) is 1. The van der Waals surface area contributed by atoms with Crippen LogP contribution in [0.2, 0.25) is 0 Å². The van der Waals surface area contributed by atoms with Crippen LogP contribution >= 0.6 is 0 Å². The van der Waals surface area contributed by atoms with Gasteiger partial charge >= 0.3 is 5.97 Å². The van der Waals surface area contributed by atoms with E-state index in [9.17, 15) is 4.79 Å². The van der Waals surface area contributed by atoms with Gasteiger partial charge in [0.15, 0.2) is 0 Å². The molecule has 18 heavy (non-hydrogen) atoms. The number of nitrogens with one attached hydrogen (secondary N) is 1. The lowest BCUT2D eigenvalue weighted by atomic mass is 10.2. The average Bonchev–Trinajstić information content (AvgIpc) is 2.32. The SMILES string of the molecule is CCOC(=O)CC(C)Nc1ccc(OCC)nc1. The molecule has 0 bridgehead atoms. The lowest BCUT2D eigenvalue weighted by Gasteiger charge is -2.14. The van der Waals surface area contributed by atoms with Crippen molar-refractivity contribution >= 4 is 11.7 Å². The van der Waals surface area contributed by atoms with Crippen molar-refractivity contribution in [1.82, 2.24) is 4.98 Å². The standard InChI is InChI=1S/C13H20N2O3/c1-4-17-12-7-6-11(9-14-12)15-10(3)8-13(16)18-5-2/h6-7,9-10,15H,4-5,8H2,1-3H3. The predicted molar refractivity (Wildman–Crippen MR) is 69.7 cm³/mol. The van der Waals surface area contributed by atoms with Crippen LogP contribution in [0.1, 0.15) is 27.2 Å². The quantitative estimate of drug-likeness (QED) is 0.754. The van der Waals surface area contributed by atoms with Crippen molar-refractivity contribution in [1.29, 1.82) is 0 Å². The summed E-state index contributed by atoms with van der Waals surface area (Å²) in [6.07, 6.45) is 2.02. The molecule has 0 aliphatic carbocycles. The van der Waals surface area contributed by atoms with Crippen LogP contribution in [0.4, 0.5) is 5.69 Å². The van der Waals surface area contributed by atoms with Crippen molar-refractivity contribution in [3.63, 3.8) is 0 Å². The maximum absolute atomic E-state index is 11.3. The largest absolute Gasteiger partial charge is 0.478 e. The van der Waals surface area contributed by atoms with Gasteiger partial charge in [-0.25, -0.2) is 4.98 Å². The minimum absolute atomic E-state index is 0.00351. The number of pyridine rings is 1. The van der Waals surface area contributed by atoms with Gasteiger partial charge in [-0.05, 0) is 26.8 Å². The topological polar surface area (TPSA) is 60.5 Å². The van der Waals surface area contributed by atoms with E-state index < -0.39 is 0 Å². The second kappa shape index (κ2) is 7.53. The number of ether oxygens (including phenoxy) is 2. The van der Waals surface area contributed by atoms with Gasteiger partial charge < -0.3 is 14.8 Å². The summed E-state index contributed by atoms with van der Waals surface area (Å²) in [6.45, 7) is 6.64. The number of esters is 1. The third-order valence-electron chi connectivity index (χ3n) is 2.22. The molecule has 1 aromatic rings. The summed E-state index contributed by atoms with van der Waals surface area (Å²) in [7, 11) is 0. The Morgan fingerprint density at radius 1 is 1.39 bits per heavy atom. The fourth-order valence-corrected chi connectivity index (χ4v) is 1.50. The van der Waals surface area contributed by atoms with Gasteiger partial charge in [0.1, 0.15) is 0 Å². The third-order valence-corrected chi connectivity index (χ3v) is 2.22. The van der Waals surface area contributed by atoms with Gasteiger partial charge in [-0.3, -0.25) is 4.79 Å². The van der Waals surface area contributed by atoms with Gasteiger partial charge in [-0.1, -0.05) is 0 Å². The van der Waals surface area contributed by atoms with E-state index in [1.165, 1.54) is 0 Å². The molecule has 0 saturated carbocycles. The molecule has 1 aromatic heterocycles. The van der Waals surface area contributed by atoms with Gasteiger partial charge in [0.25, 0.3) is 0 Å². The number of rotatable bonds is 7. The molecule has 1 rings (SSSR count). The molecular weight excluding hydrogens is 232 g/mol. The van der Waals surface area contributed by atoms with Crippen molar-refractivity contribution in [2.24, 2.45) is 0 Å². The first-order chi connectivity index (χ1) is 8.65. The second-order valence-electron chi connectivity index (χ2n) is 3.87. The van der Waals surface area contributed by atoms with E-state index in [2.05, 4.69) is 10.3 Å². The molecule has 5 nitrogen and oxygen atoms in total. The highest BCUT2D eigenvalue weighted by molar-refractivity contribution is 5.70. The summed E-state index contributed by atoms with van der Waals surface area (Å²) in [6, 6.07) is 3.67. The Hall–Kier alpha value is -1.78. The van der Waals surface area contributed by atoms with Crippen LogP contribution in [0.15, 0.2) is 18.3 Å². The van der Waals surface area contributed by atoms with Crippen LogP contribution in [0.25, 0.3) is 0 Å². The Morgan fingerprint density at radius 3 is 2.72 bits per heavy atom. The van der Waals surface area contributed by atoms with E-state index >= 15 is 0 Å². The molecule has 1 N–H and O–H groups in total. The van der Waals surface area contributed by atoms with E-state index in [1.807, 2.05) is 19.9 Å². The average molecular weight is 252 g/mol. The third kappa shape index (κ3) is 5.03. The summed E-state index contributed by atoms with van der Waals surface area (Å²) in [5.41, 5.74) is 0.857. The molecule has 0 aromatic carbocycles. The Balaban J connectivity index is 2.43. The van der Waals surface area contributed by atoms with E-state index in [4.69, 9.17) is 9.47 Å². The van der Waals surface area contributed by atoms with Crippen molar-refractivity contribution in [2.75, 3.05) is 18.5 Å². The summed E-state index contributed by atoms with van der Waals surface area (Å²) >= 11 is 0. The summed E-state index contributed by atoms with van der Waals surface area (Å²) in [4.78, 5) is 15.4. The first-order valence-corrected chi connectivity index (χ1v) is 6.16. The minimum atomic E-state index is -0.198. The van der Waals surface area contributed by atoms with Crippen molar-refractivity contribution < 1.29 is 14.3 Å². The van der Waals surface area contributed by atoms with Crippen molar-refractivity contribution in [2.45, 2.75) is 33.2 Å². The zero-order valence-electron chi connectivity index (χ0n) is 11.1. The highest BCUT2D eigenvalue weighted by Gasteiger charge is 2.09. The molecule has 5 heteroatoms. The number of aromatic nitrogens is 1. The molecule has 1 unspecified atom stereocenters. The van der Waals surface area contributed by atoms with Crippen LogP contribution in [0.5, 0.6) is 5.88 Å². The van der Waals surface area contributed by atoms with Crippen LogP contribution in [-0.2, 0) is 9.53 Å². The number of anilines is 1. The van der Waals surface area contributed by atoms with Crippen LogP contribution in [0, 0.1) is 0 Å². The van der Waals surface area contributed by atoms with E-state index in [0.29, 0.717) is 25.5 Å². The second-order valence-corrected chi connectivity index (χ2v) is 3.87. The lowest BCUT2D eigenvalue weighted by Crippen LogP contribution is -2.21.